The average Bonchev–Trinajstić information content (AvgIpc) is 3.10. The van der Waals surface area contributed by atoms with E-state index in [1.165, 1.54) is 16.7 Å². The van der Waals surface area contributed by atoms with E-state index in [2.05, 4.69) is 11.6 Å². The molecule has 3 rings (SSSR count). The molecule has 2 aromatic carbocycles. The fourth-order valence-corrected chi connectivity index (χ4v) is 3.39. The summed E-state index contributed by atoms with van der Waals surface area (Å²) < 4.78 is 27.7. The quantitative estimate of drug-likeness (QED) is 0.333. The van der Waals surface area contributed by atoms with Crippen molar-refractivity contribution in [3.05, 3.63) is 77.4 Å². The fraction of sp³-hybridized carbons (Fsp3) is 0.269. The minimum atomic E-state index is -0.650. The summed E-state index contributed by atoms with van der Waals surface area (Å²) in [5.41, 5.74) is 1.78. The molecule has 0 saturated carbocycles. The van der Waals surface area contributed by atoms with Gasteiger partial charge in [0.25, 0.3) is 6.01 Å². The zero-order chi connectivity index (χ0) is 24.2. The number of halogens is 1. The van der Waals surface area contributed by atoms with E-state index in [1.807, 2.05) is 0 Å². The Balaban J connectivity index is 1.98. The Morgan fingerprint density at radius 3 is 2.55 bits per heavy atom. The number of carbonyl (C=O) groups excluding carboxylic acids is 2. The lowest BCUT2D eigenvalue weighted by molar-refractivity contribution is 0.00703. The number of aldehydes is 1. The first-order chi connectivity index (χ1) is 15.7. The third-order valence-electron chi connectivity index (χ3n) is 4.82. The number of ether oxygens (including phenoxy) is 2. The SMILES string of the molecule is C=Cc1nc(OCC)n(Cc2ccc(-c3ccccc3C(=O)OC(C)(C)C)cc2F)c1C=O. The first kappa shape index (κ1) is 23.9. The predicted molar refractivity (Wildman–Crippen MR) is 125 cm³/mol. The van der Waals surface area contributed by atoms with Crippen molar-refractivity contribution in [3.63, 3.8) is 0 Å². The number of esters is 1. The van der Waals surface area contributed by atoms with E-state index in [-0.39, 0.29) is 18.2 Å². The zero-order valence-corrected chi connectivity index (χ0v) is 19.2. The highest BCUT2D eigenvalue weighted by atomic mass is 19.1. The van der Waals surface area contributed by atoms with Crippen molar-refractivity contribution in [1.29, 1.82) is 0 Å². The Morgan fingerprint density at radius 2 is 1.94 bits per heavy atom. The number of carbonyl (C=O) groups is 2. The molecule has 1 heterocycles. The molecule has 0 unspecified atom stereocenters. The molecule has 0 radical (unpaired) electrons. The van der Waals surface area contributed by atoms with Crippen LogP contribution < -0.4 is 4.74 Å². The minimum Gasteiger partial charge on any atom is -0.465 e. The van der Waals surface area contributed by atoms with Crippen LogP contribution in [-0.4, -0.2) is 34.0 Å². The van der Waals surface area contributed by atoms with Gasteiger partial charge >= 0.3 is 5.97 Å². The van der Waals surface area contributed by atoms with Crippen molar-refractivity contribution in [3.8, 4) is 17.1 Å². The van der Waals surface area contributed by atoms with Gasteiger partial charge in [-0.3, -0.25) is 9.36 Å². The lowest BCUT2D eigenvalue weighted by Gasteiger charge is -2.20. The summed E-state index contributed by atoms with van der Waals surface area (Å²) in [7, 11) is 0. The number of aromatic nitrogens is 2. The van der Waals surface area contributed by atoms with Gasteiger partial charge in [-0.1, -0.05) is 36.9 Å². The van der Waals surface area contributed by atoms with Gasteiger partial charge in [-0.15, -0.1) is 0 Å². The van der Waals surface area contributed by atoms with Gasteiger partial charge in [0, 0.05) is 5.56 Å². The molecule has 0 aliphatic heterocycles. The third kappa shape index (κ3) is 5.37. The van der Waals surface area contributed by atoms with E-state index in [1.54, 1.807) is 64.1 Å². The van der Waals surface area contributed by atoms with Gasteiger partial charge in [-0.25, -0.2) is 9.18 Å². The van der Waals surface area contributed by atoms with E-state index in [4.69, 9.17) is 9.47 Å². The van der Waals surface area contributed by atoms with Gasteiger partial charge in [-0.05, 0) is 57.0 Å². The molecule has 0 aliphatic rings. The molecule has 3 aromatic rings. The summed E-state index contributed by atoms with van der Waals surface area (Å²) >= 11 is 0. The summed E-state index contributed by atoms with van der Waals surface area (Å²) in [6.07, 6.45) is 2.10. The minimum absolute atomic E-state index is 0.0457. The molecule has 33 heavy (non-hydrogen) atoms. The number of rotatable bonds is 8. The van der Waals surface area contributed by atoms with Crippen LogP contribution in [0.25, 0.3) is 17.2 Å². The second-order valence-corrected chi connectivity index (χ2v) is 8.36. The first-order valence-electron chi connectivity index (χ1n) is 10.6. The highest BCUT2D eigenvalue weighted by Gasteiger charge is 2.22. The molecule has 1 aromatic heterocycles. The van der Waals surface area contributed by atoms with Crippen LogP contribution in [-0.2, 0) is 11.3 Å². The van der Waals surface area contributed by atoms with Crippen molar-refractivity contribution in [1.82, 2.24) is 9.55 Å². The second-order valence-electron chi connectivity index (χ2n) is 8.36. The Labute approximate surface area is 192 Å². The summed E-state index contributed by atoms with van der Waals surface area (Å²) in [6, 6.07) is 11.8. The number of nitrogens with zero attached hydrogens (tertiary/aromatic N) is 2. The Hall–Kier alpha value is -3.74. The molecule has 0 N–H and O–H groups in total. The number of imidazole rings is 1. The summed E-state index contributed by atoms with van der Waals surface area (Å²) in [6.45, 7) is 11.2. The Bertz CT molecular complexity index is 1190. The second kappa shape index (κ2) is 9.81. The fourth-order valence-electron chi connectivity index (χ4n) is 3.39. The summed E-state index contributed by atoms with van der Waals surface area (Å²) in [5, 5.41) is 0. The molecular weight excluding hydrogens is 423 g/mol. The zero-order valence-electron chi connectivity index (χ0n) is 19.2. The van der Waals surface area contributed by atoms with Gasteiger partial charge in [0.1, 0.15) is 17.1 Å². The molecule has 172 valence electrons. The van der Waals surface area contributed by atoms with Crippen LogP contribution in [0.15, 0.2) is 49.0 Å². The molecule has 0 atom stereocenters. The maximum atomic E-state index is 15.2. The van der Waals surface area contributed by atoms with Crippen molar-refractivity contribution in [2.45, 2.75) is 39.8 Å². The molecule has 0 fully saturated rings. The molecule has 7 heteroatoms. The molecular formula is C26H27FN2O4. The number of hydrogen-bond donors (Lipinski definition) is 0. The average molecular weight is 451 g/mol. The van der Waals surface area contributed by atoms with Crippen LogP contribution in [0.2, 0.25) is 0 Å². The largest absolute Gasteiger partial charge is 0.465 e. The van der Waals surface area contributed by atoms with E-state index in [9.17, 15) is 9.59 Å². The van der Waals surface area contributed by atoms with Crippen LogP contribution >= 0.6 is 0 Å². The van der Waals surface area contributed by atoms with Gasteiger partial charge in [0.05, 0.1) is 24.4 Å². The predicted octanol–water partition coefficient (Wildman–Crippen LogP) is 5.55. The van der Waals surface area contributed by atoms with E-state index < -0.39 is 17.4 Å². The lowest BCUT2D eigenvalue weighted by atomic mass is 9.98. The van der Waals surface area contributed by atoms with Gasteiger partial charge in [0.2, 0.25) is 0 Å². The topological polar surface area (TPSA) is 70.4 Å². The Kier molecular flexibility index (Phi) is 7.11. The van der Waals surface area contributed by atoms with Crippen LogP contribution in [0.3, 0.4) is 0 Å². The van der Waals surface area contributed by atoms with Crippen molar-refractivity contribution in [2.24, 2.45) is 0 Å². The summed E-state index contributed by atoms with van der Waals surface area (Å²) in [4.78, 5) is 28.6. The third-order valence-corrected chi connectivity index (χ3v) is 4.82. The lowest BCUT2D eigenvalue weighted by Crippen LogP contribution is -2.24. The normalized spacial score (nSPS) is 11.2. The summed E-state index contributed by atoms with van der Waals surface area (Å²) in [5.74, 6) is -0.963. The van der Waals surface area contributed by atoms with Crippen molar-refractivity contribution < 1.29 is 23.5 Å². The van der Waals surface area contributed by atoms with Gasteiger partial charge in [0.15, 0.2) is 6.29 Å². The van der Waals surface area contributed by atoms with Crippen LogP contribution in [0.5, 0.6) is 6.01 Å². The molecule has 0 amide bonds. The smallest absolute Gasteiger partial charge is 0.339 e. The molecule has 0 saturated heterocycles. The maximum absolute atomic E-state index is 15.2. The van der Waals surface area contributed by atoms with Crippen LogP contribution in [0, 0.1) is 5.82 Å². The van der Waals surface area contributed by atoms with Crippen LogP contribution in [0.1, 0.15) is 59.8 Å². The standard InChI is InChI=1S/C26H27FN2O4/c1-6-22-23(16-30)29(25(28-22)32-7-2)15-18-13-12-17(14-21(18)27)19-10-8-9-11-20(19)24(31)33-26(3,4)5/h6,8-14,16H,1,7,15H2,2-5H3. The molecule has 6 nitrogen and oxygen atoms in total. The Morgan fingerprint density at radius 1 is 1.21 bits per heavy atom. The molecule has 0 bridgehead atoms. The maximum Gasteiger partial charge on any atom is 0.339 e. The highest BCUT2D eigenvalue weighted by Crippen LogP contribution is 2.28. The van der Waals surface area contributed by atoms with Gasteiger partial charge < -0.3 is 9.47 Å². The monoisotopic (exact) mass is 450 g/mol. The highest BCUT2D eigenvalue weighted by molar-refractivity contribution is 5.97. The van der Waals surface area contributed by atoms with E-state index in [0.717, 1.165) is 0 Å². The van der Waals surface area contributed by atoms with Gasteiger partial charge in [-0.2, -0.15) is 4.98 Å². The van der Waals surface area contributed by atoms with E-state index in [0.29, 0.717) is 40.8 Å². The van der Waals surface area contributed by atoms with Crippen molar-refractivity contribution >= 4 is 18.3 Å². The van der Waals surface area contributed by atoms with Crippen LogP contribution in [0.4, 0.5) is 4.39 Å². The first-order valence-corrected chi connectivity index (χ1v) is 10.6. The number of benzene rings is 2. The van der Waals surface area contributed by atoms with E-state index >= 15 is 4.39 Å². The molecule has 0 spiro atoms. The molecule has 0 aliphatic carbocycles. The number of hydrogen-bond acceptors (Lipinski definition) is 5. The van der Waals surface area contributed by atoms with Crippen molar-refractivity contribution in [2.75, 3.05) is 6.61 Å².